The molecule has 0 saturated carbocycles. The number of aliphatic hydroxyl groups is 1. The van der Waals surface area contributed by atoms with Gasteiger partial charge in [0.2, 0.25) is 0 Å². The van der Waals surface area contributed by atoms with Crippen LogP contribution in [0.15, 0.2) is 22.7 Å². The smallest absolute Gasteiger partial charge is 0.270 e. The monoisotopic (exact) mass is 344 g/mol. The summed E-state index contributed by atoms with van der Waals surface area (Å²) in [5, 5.41) is 19.4. The topological polar surface area (TPSA) is 83.7 Å². The Morgan fingerprint density at radius 2 is 2.10 bits per heavy atom. The van der Waals surface area contributed by atoms with Crippen LogP contribution < -0.4 is 0 Å². The van der Waals surface area contributed by atoms with Gasteiger partial charge in [0.1, 0.15) is 0 Å². The fraction of sp³-hybridized carbons (Fsp3) is 0.462. The van der Waals surface area contributed by atoms with E-state index < -0.39 is 4.92 Å². The van der Waals surface area contributed by atoms with E-state index in [0.717, 1.165) is 12.8 Å². The van der Waals surface area contributed by atoms with Gasteiger partial charge in [0, 0.05) is 36.8 Å². The second-order valence-corrected chi connectivity index (χ2v) is 5.29. The molecule has 7 heteroatoms. The third kappa shape index (κ3) is 4.57. The molecule has 0 radical (unpaired) electrons. The zero-order valence-corrected chi connectivity index (χ0v) is 12.8. The number of rotatable bonds is 7. The molecule has 0 atom stereocenters. The van der Waals surface area contributed by atoms with Crippen molar-refractivity contribution in [3.8, 4) is 0 Å². The molecule has 0 bridgehead atoms. The zero-order chi connectivity index (χ0) is 15.1. The summed E-state index contributed by atoms with van der Waals surface area (Å²) in [6.07, 6.45) is 2.34. The Kier molecular flexibility index (Phi) is 6.60. The average molecular weight is 345 g/mol. The van der Waals surface area contributed by atoms with E-state index in [2.05, 4.69) is 15.9 Å². The van der Waals surface area contributed by atoms with Crippen molar-refractivity contribution in [2.75, 3.05) is 20.2 Å². The third-order valence-electron chi connectivity index (χ3n) is 2.89. The summed E-state index contributed by atoms with van der Waals surface area (Å²) in [4.78, 5) is 24.0. The molecule has 0 saturated heterocycles. The van der Waals surface area contributed by atoms with Gasteiger partial charge in [0.15, 0.2) is 0 Å². The van der Waals surface area contributed by atoms with Crippen LogP contribution in [0, 0.1) is 10.1 Å². The molecule has 1 rings (SSSR count). The number of non-ortho nitro benzene ring substituents is 1. The highest BCUT2D eigenvalue weighted by Gasteiger charge is 2.18. The van der Waals surface area contributed by atoms with Gasteiger partial charge in [0.05, 0.1) is 10.5 Å². The molecular formula is C13H17BrN2O4. The molecule has 0 fully saturated rings. The number of carbonyl (C=O) groups is 1. The molecule has 110 valence electrons. The molecule has 0 spiro atoms. The maximum Gasteiger partial charge on any atom is 0.270 e. The summed E-state index contributed by atoms with van der Waals surface area (Å²) in [7, 11) is 1.66. The molecule has 0 aliphatic rings. The van der Waals surface area contributed by atoms with Gasteiger partial charge >= 0.3 is 0 Å². The van der Waals surface area contributed by atoms with Gasteiger partial charge in [-0.1, -0.05) is 0 Å². The molecule has 1 aromatic rings. The molecule has 1 amide bonds. The van der Waals surface area contributed by atoms with Crippen molar-refractivity contribution in [1.82, 2.24) is 4.90 Å². The molecule has 0 aromatic heterocycles. The van der Waals surface area contributed by atoms with Gasteiger partial charge < -0.3 is 10.0 Å². The lowest BCUT2D eigenvalue weighted by Crippen LogP contribution is -2.28. The maximum atomic E-state index is 12.2. The number of benzene rings is 1. The van der Waals surface area contributed by atoms with Gasteiger partial charge in [-0.15, -0.1) is 0 Å². The van der Waals surface area contributed by atoms with E-state index in [0.29, 0.717) is 17.4 Å². The Bertz CT molecular complexity index is 493. The fourth-order valence-corrected chi connectivity index (χ4v) is 2.15. The predicted octanol–water partition coefficient (Wildman–Crippen LogP) is 2.59. The van der Waals surface area contributed by atoms with Crippen molar-refractivity contribution in [2.24, 2.45) is 0 Å². The van der Waals surface area contributed by atoms with Crippen LogP contribution >= 0.6 is 15.9 Å². The largest absolute Gasteiger partial charge is 0.396 e. The first kappa shape index (κ1) is 16.6. The summed E-state index contributed by atoms with van der Waals surface area (Å²) < 4.78 is 0.537. The number of nitro groups is 1. The number of nitro benzene ring substituents is 1. The van der Waals surface area contributed by atoms with Gasteiger partial charge in [-0.3, -0.25) is 14.9 Å². The summed E-state index contributed by atoms with van der Waals surface area (Å²) >= 11 is 3.24. The van der Waals surface area contributed by atoms with E-state index in [-0.39, 0.29) is 23.8 Å². The van der Waals surface area contributed by atoms with Crippen molar-refractivity contribution >= 4 is 27.5 Å². The summed E-state index contributed by atoms with van der Waals surface area (Å²) in [5.74, 6) is -0.260. The second-order valence-electron chi connectivity index (χ2n) is 4.43. The summed E-state index contributed by atoms with van der Waals surface area (Å²) in [6, 6.07) is 4.13. The SMILES string of the molecule is CN(CCCCCO)C(=O)c1cc([N+](=O)[O-])ccc1Br. The molecular weight excluding hydrogens is 328 g/mol. The predicted molar refractivity (Wildman–Crippen MR) is 78.7 cm³/mol. The zero-order valence-electron chi connectivity index (χ0n) is 11.2. The van der Waals surface area contributed by atoms with Crippen LogP contribution in [0.25, 0.3) is 0 Å². The molecule has 20 heavy (non-hydrogen) atoms. The number of amides is 1. The van der Waals surface area contributed by atoms with Crippen molar-refractivity contribution in [2.45, 2.75) is 19.3 Å². The van der Waals surface area contributed by atoms with E-state index in [1.165, 1.54) is 23.1 Å². The maximum absolute atomic E-state index is 12.2. The summed E-state index contributed by atoms with van der Waals surface area (Å²) in [6.45, 7) is 0.696. The first-order valence-corrected chi connectivity index (χ1v) is 7.07. The highest BCUT2D eigenvalue weighted by Crippen LogP contribution is 2.23. The van der Waals surface area contributed by atoms with Crippen molar-refractivity contribution in [1.29, 1.82) is 0 Å². The number of hydrogen-bond acceptors (Lipinski definition) is 4. The minimum Gasteiger partial charge on any atom is -0.396 e. The minimum atomic E-state index is -0.523. The number of aliphatic hydroxyl groups excluding tert-OH is 1. The van der Waals surface area contributed by atoms with Crippen LogP contribution in [0.1, 0.15) is 29.6 Å². The molecule has 0 heterocycles. The lowest BCUT2D eigenvalue weighted by molar-refractivity contribution is -0.384. The molecule has 0 aliphatic carbocycles. The molecule has 6 nitrogen and oxygen atoms in total. The minimum absolute atomic E-state index is 0.106. The average Bonchev–Trinajstić information content (AvgIpc) is 2.42. The van der Waals surface area contributed by atoms with Crippen LogP contribution in [0.2, 0.25) is 0 Å². The van der Waals surface area contributed by atoms with E-state index in [1.807, 2.05) is 0 Å². The van der Waals surface area contributed by atoms with Gasteiger partial charge in [-0.05, 0) is 41.3 Å². The van der Waals surface area contributed by atoms with E-state index in [9.17, 15) is 14.9 Å². The van der Waals surface area contributed by atoms with Crippen molar-refractivity contribution in [3.05, 3.63) is 38.3 Å². The Morgan fingerprint density at radius 1 is 1.40 bits per heavy atom. The quantitative estimate of drug-likeness (QED) is 0.468. The van der Waals surface area contributed by atoms with E-state index >= 15 is 0 Å². The standard InChI is InChI=1S/C13H17BrN2O4/c1-15(7-3-2-4-8-17)13(18)11-9-10(16(19)20)5-6-12(11)14/h5-6,9,17H,2-4,7-8H2,1H3. The number of unbranched alkanes of at least 4 members (excludes halogenated alkanes) is 2. The van der Waals surface area contributed by atoms with Crippen molar-refractivity contribution in [3.63, 3.8) is 0 Å². The first-order chi connectivity index (χ1) is 9.47. The van der Waals surface area contributed by atoms with Crippen LogP contribution in [-0.2, 0) is 0 Å². The Hall–Kier alpha value is -1.47. The van der Waals surface area contributed by atoms with E-state index in [4.69, 9.17) is 5.11 Å². The van der Waals surface area contributed by atoms with Crippen molar-refractivity contribution < 1.29 is 14.8 Å². The number of carbonyl (C=O) groups excluding carboxylic acids is 1. The lowest BCUT2D eigenvalue weighted by Gasteiger charge is -2.17. The Morgan fingerprint density at radius 3 is 2.70 bits per heavy atom. The van der Waals surface area contributed by atoms with Crippen LogP contribution in [-0.4, -0.2) is 41.0 Å². The normalized spacial score (nSPS) is 10.3. The molecule has 0 aliphatic heterocycles. The molecule has 1 aromatic carbocycles. The fourth-order valence-electron chi connectivity index (χ4n) is 1.74. The third-order valence-corrected chi connectivity index (χ3v) is 3.58. The number of hydrogen-bond donors (Lipinski definition) is 1. The first-order valence-electron chi connectivity index (χ1n) is 6.27. The van der Waals surface area contributed by atoms with Gasteiger partial charge in [-0.2, -0.15) is 0 Å². The Balaban J connectivity index is 2.75. The highest BCUT2D eigenvalue weighted by atomic mass is 79.9. The van der Waals surface area contributed by atoms with E-state index in [1.54, 1.807) is 7.05 Å². The second kappa shape index (κ2) is 7.96. The van der Waals surface area contributed by atoms with Crippen LogP contribution in [0.5, 0.6) is 0 Å². The van der Waals surface area contributed by atoms with Gasteiger partial charge in [0.25, 0.3) is 11.6 Å². The lowest BCUT2D eigenvalue weighted by atomic mass is 10.1. The van der Waals surface area contributed by atoms with Crippen LogP contribution in [0.3, 0.4) is 0 Å². The van der Waals surface area contributed by atoms with Gasteiger partial charge in [-0.25, -0.2) is 0 Å². The van der Waals surface area contributed by atoms with Crippen LogP contribution in [0.4, 0.5) is 5.69 Å². The molecule has 0 unspecified atom stereocenters. The Labute approximate surface area is 125 Å². The highest BCUT2D eigenvalue weighted by molar-refractivity contribution is 9.10. The number of halogens is 1. The molecule has 1 N–H and O–H groups in total. The summed E-state index contributed by atoms with van der Waals surface area (Å²) in [5.41, 5.74) is 0.175. The number of nitrogens with zero attached hydrogens (tertiary/aromatic N) is 2.